The minimum absolute atomic E-state index is 0. The summed E-state index contributed by atoms with van der Waals surface area (Å²) >= 11 is 0. The molecule has 0 fully saturated rings. The van der Waals surface area contributed by atoms with Gasteiger partial charge in [-0.2, -0.15) is 0 Å². The molecule has 0 spiro atoms. The summed E-state index contributed by atoms with van der Waals surface area (Å²) in [6.45, 7) is 7.25. The molecule has 0 radical (unpaired) electrons. The van der Waals surface area contributed by atoms with Crippen molar-refractivity contribution in [2.75, 3.05) is 55.4 Å². The third-order valence-corrected chi connectivity index (χ3v) is 8.36. The topological polar surface area (TPSA) is 397 Å². The number of hydrogen-bond acceptors (Lipinski definition) is 18. The first kappa shape index (κ1) is 81.7. The van der Waals surface area contributed by atoms with Gasteiger partial charge in [0, 0.05) is 0 Å². The molecule has 0 aromatic heterocycles. The molecule has 0 aromatic rings. The first-order valence-corrected chi connectivity index (χ1v) is 22.0. The molecule has 0 bridgehead atoms. The van der Waals surface area contributed by atoms with Crippen LogP contribution in [0.2, 0.25) is 0 Å². The summed E-state index contributed by atoms with van der Waals surface area (Å²) in [5, 5.41) is 88.5. The maximum Gasteiger partial charge on any atom is 4.00 e. The van der Waals surface area contributed by atoms with E-state index in [1.165, 1.54) is 193 Å². The van der Waals surface area contributed by atoms with Gasteiger partial charge in [-0.1, -0.05) is 168 Å². The first-order valence-electron chi connectivity index (χ1n) is 22.0. The quantitative estimate of drug-likeness (QED) is 0.0279. The van der Waals surface area contributed by atoms with E-state index in [1.54, 1.807) is 0 Å². The summed E-state index contributed by atoms with van der Waals surface area (Å²) in [7, 11) is 13.8. The Labute approximate surface area is 420 Å². The minimum Gasteiger partial charge on any atom is -0.356 e. The molecule has 0 aliphatic rings. The summed E-state index contributed by atoms with van der Waals surface area (Å²) in [5.41, 5.74) is 0. The molecule has 26 nitrogen and oxygen atoms in total. The summed E-state index contributed by atoms with van der Waals surface area (Å²) in [4.78, 5) is 49.5. The number of hydrogen-bond donors (Lipinski definition) is 0. The molecule has 0 unspecified atom stereocenters. The normalized spacial score (nSPS) is 9.60. The largest absolute Gasteiger partial charge is 4.00 e. The number of nitrogens with zero attached hydrogens (tertiary/aromatic N) is 8. The second-order valence-corrected chi connectivity index (χ2v) is 16.6. The van der Waals surface area contributed by atoms with Gasteiger partial charge >= 0.3 is 41.7 Å². The van der Waals surface area contributed by atoms with E-state index in [1.807, 2.05) is 0 Å². The van der Waals surface area contributed by atoms with Gasteiger partial charge in [-0.3, -0.25) is 0 Å². The molecule has 0 aromatic carbocycles. The maximum atomic E-state index is 8.25. The van der Waals surface area contributed by atoms with E-state index in [9.17, 15) is 0 Å². The molecule has 0 heterocycles. The Balaban J connectivity index is -0.0000000912. The van der Waals surface area contributed by atoms with Gasteiger partial charge in [0.2, 0.25) is 0 Å². The Kier molecular flexibility index (Phi) is 84.3. The van der Waals surface area contributed by atoms with Crippen molar-refractivity contribution in [2.45, 2.75) is 194 Å². The molecule has 0 amide bonds. The Hall–Kier alpha value is -3.50. The van der Waals surface area contributed by atoms with Crippen LogP contribution in [-0.4, -0.2) is 94.9 Å². The predicted molar refractivity (Wildman–Crippen MR) is 249 cm³/mol. The van der Waals surface area contributed by atoms with E-state index in [2.05, 4.69) is 56.1 Å². The fourth-order valence-corrected chi connectivity index (χ4v) is 5.56. The van der Waals surface area contributed by atoms with Crippen LogP contribution < -0.4 is 0 Å². The molecule has 0 atom stereocenters. The maximum absolute atomic E-state index is 8.25. The molecular weight excluding hydrogens is 997 g/mol. The monoisotopic (exact) mass is 1080 g/mol. The van der Waals surface area contributed by atoms with E-state index < -0.39 is 30.5 Å². The van der Waals surface area contributed by atoms with Gasteiger partial charge in [0.1, 0.15) is 0 Å². The Bertz CT molecular complexity index is 871. The number of rotatable bonds is 30. The van der Waals surface area contributed by atoms with E-state index >= 15 is 0 Å². The molecular formula is C38H84CeN8O18. The minimum atomic E-state index is -1.75. The van der Waals surface area contributed by atoms with Crippen molar-refractivity contribution in [2.24, 2.45) is 0 Å². The number of unbranched alkanes of at least 4 members (excludes halogenated alkanes) is 26. The van der Waals surface area contributed by atoms with Crippen molar-refractivity contribution < 1.29 is 81.2 Å². The molecule has 0 saturated carbocycles. The molecule has 0 aliphatic carbocycles. The van der Waals surface area contributed by atoms with E-state index in [4.69, 9.17) is 91.9 Å². The summed E-state index contributed by atoms with van der Waals surface area (Å²) in [6, 6.07) is 0. The van der Waals surface area contributed by atoms with Crippen LogP contribution in [0.15, 0.2) is 0 Å². The van der Waals surface area contributed by atoms with Crippen LogP contribution >= 0.6 is 0 Å². The molecule has 65 heavy (non-hydrogen) atoms. The third-order valence-electron chi connectivity index (χ3n) is 8.36. The average Bonchev–Trinajstić information content (AvgIpc) is 3.10. The molecule has 0 N–H and O–H groups in total. The van der Waals surface area contributed by atoms with Crippen LogP contribution in [0.4, 0.5) is 0 Å². The molecule has 0 aliphatic heterocycles. The van der Waals surface area contributed by atoms with Gasteiger partial charge in [0.25, 0.3) is 0 Å². The average molecular weight is 1080 g/mol. The van der Waals surface area contributed by atoms with Crippen molar-refractivity contribution in [3.8, 4) is 0 Å². The fourth-order valence-electron chi connectivity index (χ4n) is 5.56. The smallest absolute Gasteiger partial charge is 0.356 e. The van der Waals surface area contributed by atoms with Crippen LogP contribution in [0.3, 0.4) is 0 Å². The summed E-state index contributed by atoms with van der Waals surface area (Å²) in [5.74, 6) is 0. The van der Waals surface area contributed by atoms with Crippen LogP contribution in [0.1, 0.15) is 194 Å². The van der Waals surface area contributed by atoms with Gasteiger partial charge in [-0.25, -0.2) is 0 Å². The standard InChI is InChI=1S/2C19H42N.Ce.6NO3/c2*1-5-6-7-8-9-10-11-12-13-14-15-16-17-18-19-20(2,3)4;;6*2-1(3)4/h2*5-19H2,1-4H3;;;;;;;/q2*+1;+4;6*-1. The second kappa shape index (κ2) is 67.1. The zero-order valence-electron chi connectivity index (χ0n) is 40.6. The van der Waals surface area contributed by atoms with Crippen molar-refractivity contribution in [3.05, 3.63) is 91.9 Å². The van der Waals surface area contributed by atoms with Crippen molar-refractivity contribution in [1.29, 1.82) is 0 Å². The predicted octanol–water partition coefficient (Wildman–Crippen LogP) is 10.9. The molecule has 388 valence electrons. The van der Waals surface area contributed by atoms with Crippen molar-refractivity contribution in [3.63, 3.8) is 0 Å². The number of quaternary nitrogens is 2. The van der Waals surface area contributed by atoms with Crippen LogP contribution in [0, 0.1) is 134 Å². The molecule has 0 saturated heterocycles. The fraction of sp³-hybridized carbons (Fsp3) is 1.00. The van der Waals surface area contributed by atoms with Crippen molar-refractivity contribution in [1.82, 2.24) is 0 Å². The Morgan fingerprint density at radius 3 is 0.431 bits per heavy atom. The van der Waals surface area contributed by atoms with Gasteiger partial charge < -0.3 is 101 Å². The van der Waals surface area contributed by atoms with Gasteiger partial charge in [-0.15, -0.1) is 0 Å². The van der Waals surface area contributed by atoms with Gasteiger partial charge in [-0.05, 0) is 25.7 Å². The van der Waals surface area contributed by atoms with Crippen LogP contribution in [0.5, 0.6) is 0 Å². The molecule has 27 heteroatoms. The third kappa shape index (κ3) is 223. The Morgan fingerprint density at radius 1 is 0.246 bits per heavy atom. The summed E-state index contributed by atoms with van der Waals surface area (Å²) in [6.07, 6.45) is 40.7. The van der Waals surface area contributed by atoms with E-state index in [0.29, 0.717) is 0 Å². The van der Waals surface area contributed by atoms with E-state index in [0.717, 1.165) is 8.97 Å². The van der Waals surface area contributed by atoms with Crippen LogP contribution in [-0.2, 0) is 0 Å². The zero-order valence-corrected chi connectivity index (χ0v) is 43.8. The zero-order chi connectivity index (χ0) is 51.7. The van der Waals surface area contributed by atoms with Gasteiger partial charge in [0.05, 0.1) is 85.9 Å². The second-order valence-electron chi connectivity index (χ2n) is 16.6. The van der Waals surface area contributed by atoms with Gasteiger partial charge in [0.15, 0.2) is 0 Å². The SMILES string of the molecule is CCCCCCCCCCCCCCCC[N+](C)(C)C.CCCCCCCCCCCCCCCC[N+](C)(C)C.O=[N+]([O-])[O-].O=[N+]([O-])[O-].O=[N+]([O-])[O-].O=[N+]([O-])[O-].O=[N+]([O-])[O-].O=[N+]([O-])[O-].[Ce+4]. The van der Waals surface area contributed by atoms with Crippen molar-refractivity contribution >= 4 is 0 Å². The first-order chi connectivity index (χ1) is 29.5. The Morgan fingerprint density at radius 2 is 0.338 bits per heavy atom. The summed E-state index contributed by atoms with van der Waals surface area (Å²) < 4.78 is 2.25. The van der Waals surface area contributed by atoms with E-state index in [-0.39, 0.29) is 41.7 Å². The molecule has 0 rings (SSSR count). The van der Waals surface area contributed by atoms with Crippen LogP contribution in [0.25, 0.3) is 0 Å².